The maximum Gasteiger partial charge on any atom is 0.143 e. The van der Waals surface area contributed by atoms with E-state index in [1.54, 1.807) is 17.5 Å². The van der Waals surface area contributed by atoms with E-state index < -0.39 is 0 Å². The van der Waals surface area contributed by atoms with Crippen LogP contribution in [-0.2, 0) is 0 Å². The number of thiazole rings is 1. The average Bonchev–Trinajstić information content (AvgIpc) is 2.93. The lowest BCUT2D eigenvalue weighted by atomic mass is 10.1. The van der Waals surface area contributed by atoms with E-state index in [4.69, 9.17) is 0 Å². The molecule has 3 heteroatoms. The molecule has 19 heavy (non-hydrogen) atoms. The van der Waals surface area contributed by atoms with Gasteiger partial charge in [0.25, 0.3) is 0 Å². The third-order valence-corrected chi connectivity index (χ3v) is 4.29. The van der Waals surface area contributed by atoms with Gasteiger partial charge in [-0.15, -0.1) is 11.3 Å². The van der Waals surface area contributed by atoms with Gasteiger partial charge in [0.15, 0.2) is 0 Å². The highest BCUT2D eigenvalue weighted by atomic mass is 32.1. The highest BCUT2D eigenvalue weighted by molar-refractivity contribution is 7.22. The minimum absolute atomic E-state index is 0.938. The molecule has 0 atom stereocenters. The first kappa shape index (κ1) is 10.6. The van der Waals surface area contributed by atoms with E-state index in [-0.39, 0.29) is 0 Å². The van der Waals surface area contributed by atoms with Crippen LogP contribution in [0.25, 0.3) is 31.7 Å². The fourth-order valence-electron chi connectivity index (χ4n) is 2.25. The molecule has 4 rings (SSSR count). The van der Waals surface area contributed by atoms with Crippen molar-refractivity contribution in [1.82, 2.24) is 9.97 Å². The van der Waals surface area contributed by atoms with E-state index in [1.807, 2.05) is 18.2 Å². The van der Waals surface area contributed by atoms with Gasteiger partial charge in [-0.3, -0.25) is 4.98 Å². The van der Waals surface area contributed by atoms with Crippen molar-refractivity contribution < 1.29 is 0 Å². The normalized spacial score (nSPS) is 11.2. The Bertz CT molecular complexity index is 866. The molecule has 0 saturated carbocycles. The van der Waals surface area contributed by atoms with Crippen molar-refractivity contribution in [3.63, 3.8) is 0 Å². The third kappa shape index (κ3) is 1.71. The van der Waals surface area contributed by atoms with Gasteiger partial charge in [0.1, 0.15) is 5.01 Å². The van der Waals surface area contributed by atoms with Crippen LogP contribution in [0.2, 0.25) is 0 Å². The summed E-state index contributed by atoms with van der Waals surface area (Å²) in [5.41, 5.74) is 1.98. The molecule has 90 valence electrons. The zero-order valence-corrected chi connectivity index (χ0v) is 10.9. The average molecular weight is 262 g/mol. The van der Waals surface area contributed by atoms with Gasteiger partial charge < -0.3 is 0 Å². The lowest BCUT2D eigenvalue weighted by molar-refractivity contribution is 1.31. The van der Waals surface area contributed by atoms with Gasteiger partial charge in [-0.1, -0.05) is 36.4 Å². The maximum atomic E-state index is 4.69. The quantitative estimate of drug-likeness (QED) is 0.504. The Labute approximate surface area is 114 Å². The van der Waals surface area contributed by atoms with Crippen molar-refractivity contribution in [3.05, 3.63) is 60.8 Å². The highest BCUT2D eigenvalue weighted by Gasteiger charge is 2.09. The second-order valence-electron chi connectivity index (χ2n) is 4.37. The summed E-state index contributed by atoms with van der Waals surface area (Å²) in [5.74, 6) is 0. The molecule has 0 saturated heterocycles. The molecule has 0 unspecified atom stereocenters. The summed E-state index contributed by atoms with van der Waals surface area (Å²) in [5, 5.41) is 3.50. The van der Waals surface area contributed by atoms with E-state index in [2.05, 4.69) is 46.4 Å². The summed E-state index contributed by atoms with van der Waals surface area (Å²) < 4.78 is 1.23. The van der Waals surface area contributed by atoms with Gasteiger partial charge in [0, 0.05) is 11.6 Å². The molecular weight excluding hydrogens is 252 g/mol. The summed E-state index contributed by atoms with van der Waals surface area (Å²) in [6, 6.07) is 18.5. The minimum atomic E-state index is 0.938. The predicted molar refractivity (Wildman–Crippen MR) is 80.4 cm³/mol. The molecule has 0 spiro atoms. The van der Waals surface area contributed by atoms with E-state index in [9.17, 15) is 0 Å². The summed E-state index contributed by atoms with van der Waals surface area (Å²) in [6.07, 6.45) is 1.81. The molecule has 0 aliphatic heterocycles. The molecule has 0 N–H and O–H groups in total. The van der Waals surface area contributed by atoms with Crippen LogP contribution in [0.15, 0.2) is 60.8 Å². The van der Waals surface area contributed by atoms with Crippen LogP contribution in [-0.4, -0.2) is 9.97 Å². The Morgan fingerprint density at radius 2 is 1.74 bits per heavy atom. The second-order valence-corrected chi connectivity index (χ2v) is 5.37. The van der Waals surface area contributed by atoms with Crippen molar-refractivity contribution in [2.75, 3.05) is 0 Å². The van der Waals surface area contributed by atoms with E-state index >= 15 is 0 Å². The van der Waals surface area contributed by atoms with Crippen LogP contribution < -0.4 is 0 Å². The summed E-state index contributed by atoms with van der Waals surface area (Å²) >= 11 is 1.71. The smallest absolute Gasteiger partial charge is 0.143 e. The first-order valence-electron chi connectivity index (χ1n) is 6.11. The molecule has 0 bridgehead atoms. The van der Waals surface area contributed by atoms with Crippen molar-refractivity contribution in [2.45, 2.75) is 0 Å². The number of aromatic nitrogens is 2. The summed E-state index contributed by atoms with van der Waals surface area (Å²) in [4.78, 5) is 9.06. The SMILES string of the molecule is c1ccc(-c2nc3ccc4ccccc4c3s2)nc1. The molecule has 0 aliphatic rings. The number of hydrogen-bond acceptors (Lipinski definition) is 3. The van der Waals surface area contributed by atoms with Gasteiger partial charge in [-0.25, -0.2) is 4.98 Å². The molecule has 4 aromatic rings. The van der Waals surface area contributed by atoms with Gasteiger partial charge in [-0.2, -0.15) is 0 Å². The molecule has 0 radical (unpaired) electrons. The monoisotopic (exact) mass is 262 g/mol. The third-order valence-electron chi connectivity index (χ3n) is 3.16. The molecular formula is C16H10N2S. The number of rotatable bonds is 1. The standard InChI is InChI=1S/C16H10N2S/c1-2-6-12-11(5-1)8-9-13-15(12)19-16(18-13)14-7-3-4-10-17-14/h1-10H. The van der Waals surface area contributed by atoms with E-state index in [0.29, 0.717) is 0 Å². The topological polar surface area (TPSA) is 25.8 Å². The van der Waals surface area contributed by atoms with E-state index in [0.717, 1.165) is 16.2 Å². The zero-order valence-electron chi connectivity index (χ0n) is 10.1. The Morgan fingerprint density at radius 1 is 0.842 bits per heavy atom. The van der Waals surface area contributed by atoms with Gasteiger partial charge in [-0.05, 0) is 23.6 Å². The lowest BCUT2D eigenvalue weighted by Gasteiger charge is -1.96. The molecule has 0 amide bonds. The van der Waals surface area contributed by atoms with Gasteiger partial charge in [0.05, 0.1) is 15.9 Å². The van der Waals surface area contributed by atoms with Crippen LogP contribution in [0, 0.1) is 0 Å². The van der Waals surface area contributed by atoms with Gasteiger partial charge in [0.2, 0.25) is 0 Å². The van der Waals surface area contributed by atoms with Crippen molar-refractivity contribution >= 4 is 32.3 Å². The largest absolute Gasteiger partial charge is 0.254 e. The molecule has 2 aromatic heterocycles. The summed E-state index contributed by atoms with van der Waals surface area (Å²) in [7, 11) is 0. The molecule has 2 heterocycles. The first-order chi connectivity index (χ1) is 9.42. The van der Waals surface area contributed by atoms with Crippen molar-refractivity contribution in [2.24, 2.45) is 0 Å². The zero-order chi connectivity index (χ0) is 12.7. The van der Waals surface area contributed by atoms with Crippen molar-refractivity contribution in [3.8, 4) is 10.7 Å². The van der Waals surface area contributed by atoms with E-state index in [1.165, 1.54) is 15.5 Å². The first-order valence-corrected chi connectivity index (χ1v) is 6.93. The van der Waals surface area contributed by atoms with Crippen molar-refractivity contribution in [1.29, 1.82) is 0 Å². The Hall–Kier alpha value is -2.26. The number of benzene rings is 2. The highest BCUT2D eigenvalue weighted by Crippen LogP contribution is 2.33. The number of nitrogens with zero attached hydrogens (tertiary/aromatic N) is 2. The molecule has 0 aliphatic carbocycles. The van der Waals surface area contributed by atoms with Crippen LogP contribution in [0.5, 0.6) is 0 Å². The van der Waals surface area contributed by atoms with Gasteiger partial charge >= 0.3 is 0 Å². The number of fused-ring (bicyclic) bond motifs is 3. The lowest BCUT2D eigenvalue weighted by Crippen LogP contribution is -1.79. The molecule has 2 nitrogen and oxygen atoms in total. The maximum absolute atomic E-state index is 4.69. The second kappa shape index (κ2) is 4.14. The number of pyridine rings is 1. The van der Waals surface area contributed by atoms with Crippen LogP contribution in [0.4, 0.5) is 0 Å². The Morgan fingerprint density at radius 3 is 2.63 bits per heavy atom. The van der Waals surface area contributed by atoms with Crippen LogP contribution in [0.3, 0.4) is 0 Å². The Kier molecular flexibility index (Phi) is 2.32. The fourth-order valence-corrected chi connectivity index (χ4v) is 3.33. The Balaban J connectivity index is 2.04. The molecule has 2 aromatic carbocycles. The fraction of sp³-hybridized carbons (Fsp3) is 0. The van der Waals surface area contributed by atoms with Crippen LogP contribution >= 0.6 is 11.3 Å². The summed E-state index contributed by atoms with van der Waals surface area (Å²) in [6.45, 7) is 0. The number of hydrogen-bond donors (Lipinski definition) is 0. The predicted octanol–water partition coefficient (Wildman–Crippen LogP) is 4.51. The van der Waals surface area contributed by atoms with Crippen LogP contribution in [0.1, 0.15) is 0 Å². The molecule has 0 fully saturated rings. The minimum Gasteiger partial charge on any atom is -0.254 e.